The monoisotopic (exact) mass is 272 g/mol. The largest absolute Gasteiger partial charge is 0.394 e. The number of hydrogen-bond donors (Lipinski definition) is 4. The first-order valence-corrected chi connectivity index (χ1v) is 5.74. The van der Waals surface area contributed by atoms with Crippen molar-refractivity contribution in [1.82, 2.24) is 10.6 Å². The van der Waals surface area contributed by atoms with E-state index in [1.54, 1.807) is 0 Å². The van der Waals surface area contributed by atoms with E-state index in [-0.39, 0.29) is 12.1 Å². The van der Waals surface area contributed by atoms with Gasteiger partial charge in [-0.15, -0.1) is 0 Å². The normalized spacial score (nSPS) is 22.1. The highest BCUT2D eigenvalue weighted by Crippen LogP contribution is 2.21. The number of hydrogen-bond acceptors (Lipinski definition) is 4. The Morgan fingerprint density at radius 3 is 2.26 bits per heavy atom. The van der Waals surface area contributed by atoms with Crippen LogP contribution in [0.1, 0.15) is 11.6 Å². The van der Waals surface area contributed by atoms with Crippen LogP contribution in [0.4, 0.5) is 8.78 Å². The van der Waals surface area contributed by atoms with Crippen molar-refractivity contribution in [3.05, 3.63) is 35.4 Å². The number of carbonyl (C=O) groups is 1. The fraction of sp³-hybridized carbons (Fsp3) is 0.417. The van der Waals surface area contributed by atoms with Gasteiger partial charge in [-0.2, -0.15) is 0 Å². The van der Waals surface area contributed by atoms with E-state index in [9.17, 15) is 13.6 Å². The zero-order chi connectivity index (χ0) is 14.0. The topological polar surface area (TPSA) is 81.6 Å². The van der Waals surface area contributed by atoms with Crippen LogP contribution >= 0.6 is 0 Å². The van der Waals surface area contributed by atoms with Crippen LogP contribution in [0.5, 0.6) is 0 Å². The van der Waals surface area contributed by atoms with Gasteiger partial charge < -0.3 is 15.5 Å². The Labute approximate surface area is 108 Å². The average molecular weight is 272 g/mol. The molecule has 1 amide bonds. The summed E-state index contributed by atoms with van der Waals surface area (Å²) in [7, 11) is 0. The minimum atomic E-state index is -1.46. The maximum atomic E-state index is 13.1. The highest BCUT2D eigenvalue weighted by Gasteiger charge is 2.42. The molecule has 1 aromatic carbocycles. The lowest BCUT2D eigenvalue weighted by Crippen LogP contribution is -2.67. The van der Waals surface area contributed by atoms with Gasteiger partial charge in [-0.25, -0.2) is 8.78 Å². The summed E-state index contributed by atoms with van der Waals surface area (Å²) in [6, 6.07) is 2.37. The van der Waals surface area contributed by atoms with E-state index < -0.39 is 42.3 Å². The van der Waals surface area contributed by atoms with E-state index in [1.807, 2.05) is 0 Å². The number of nitrogens with one attached hydrogen (secondary N) is 2. The summed E-state index contributed by atoms with van der Waals surface area (Å²) in [6.45, 7) is -0.991. The van der Waals surface area contributed by atoms with Gasteiger partial charge in [-0.3, -0.25) is 10.1 Å². The van der Waals surface area contributed by atoms with Crippen LogP contribution in [0.3, 0.4) is 0 Å². The lowest BCUT2D eigenvalue weighted by molar-refractivity contribution is -0.134. The molecule has 1 unspecified atom stereocenters. The molecular formula is C12H14F2N2O3. The van der Waals surface area contributed by atoms with Gasteiger partial charge in [0.05, 0.1) is 19.3 Å². The summed E-state index contributed by atoms with van der Waals surface area (Å²) in [5.41, 5.74) is -1.18. The number of piperazine rings is 1. The van der Waals surface area contributed by atoms with E-state index in [0.29, 0.717) is 0 Å². The molecule has 0 aliphatic carbocycles. The number of benzene rings is 1. The Balaban J connectivity index is 2.20. The van der Waals surface area contributed by atoms with E-state index in [1.165, 1.54) is 0 Å². The molecule has 4 N–H and O–H groups in total. The van der Waals surface area contributed by atoms with Gasteiger partial charge in [0.2, 0.25) is 5.91 Å². The van der Waals surface area contributed by atoms with Gasteiger partial charge in [0, 0.05) is 12.6 Å². The first-order chi connectivity index (χ1) is 9.00. The third-order valence-corrected chi connectivity index (χ3v) is 3.21. The van der Waals surface area contributed by atoms with Crippen molar-refractivity contribution in [1.29, 1.82) is 0 Å². The molecule has 1 saturated heterocycles. The van der Waals surface area contributed by atoms with Crippen LogP contribution in [0.25, 0.3) is 0 Å². The lowest BCUT2D eigenvalue weighted by atomic mass is 9.94. The van der Waals surface area contributed by atoms with Crippen molar-refractivity contribution in [2.45, 2.75) is 11.6 Å². The molecule has 2 rings (SSSR count). The summed E-state index contributed by atoms with van der Waals surface area (Å²) in [4.78, 5) is 11.9. The molecule has 1 aliphatic heterocycles. The molecule has 1 fully saturated rings. The number of amides is 1. The second-order valence-electron chi connectivity index (χ2n) is 4.51. The van der Waals surface area contributed by atoms with Gasteiger partial charge in [0.25, 0.3) is 0 Å². The molecule has 1 aliphatic rings. The number of aliphatic hydroxyl groups excluding tert-OH is 2. The Morgan fingerprint density at radius 2 is 1.79 bits per heavy atom. The molecule has 5 nitrogen and oxygen atoms in total. The van der Waals surface area contributed by atoms with E-state index in [0.717, 1.165) is 18.2 Å². The summed E-state index contributed by atoms with van der Waals surface area (Å²) >= 11 is 0. The number of halogens is 2. The third kappa shape index (κ3) is 2.58. The number of carbonyl (C=O) groups excluding carboxylic acids is 1. The van der Waals surface area contributed by atoms with Crippen molar-refractivity contribution < 1.29 is 23.8 Å². The van der Waals surface area contributed by atoms with Crippen molar-refractivity contribution in [3.63, 3.8) is 0 Å². The second-order valence-corrected chi connectivity index (χ2v) is 4.51. The molecule has 0 radical (unpaired) electrons. The quantitative estimate of drug-likeness (QED) is 0.595. The van der Waals surface area contributed by atoms with Crippen molar-refractivity contribution >= 4 is 5.91 Å². The maximum Gasteiger partial charge on any atom is 0.245 e. The average Bonchev–Trinajstić information content (AvgIpc) is 2.38. The van der Waals surface area contributed by atoms with E-state index in [2.05, 4.69) is 10.6 Å². The minimum Gasteiger partial charge on any atom is -0.394 e. The van der Waals surface area contributed by atoms with Crippen LogP contribution in [0.2, 0.25) is 0 Å². The molecule has 1 atom stereocenters. The number of aliphatic hydroxyl groups is 2. The van der Waals surface area contributed by atoms with Crippen molar-refractivity contribution in [2.24, 2.45) is 0 Å². The molecule has 1 heterocycles. The second kappa shape index (κ2) is 5.20. The van der Waals surface area contributed by atoms with Crippen LogP contribution in [0, 0.1) is 11.6 Å². The Morgan fingerprint density at radius 1 is 1.21 bits per heavy atom. The van der Waals surface area contributed by atoms with Crippen molar-refractivity contribution in [3.8, 4) is 0 Å². The molecule has 0 bridgehead atoms. The van der Waals surface area contributed by atoms with Crippen LogP contribution < -0.4 is 10.6 Å². The zero-order valence-corrected chi connectivity index (χ0v) is 9.99. The molecule has 1 aromatic rings. The van der Waals surface area contributed by atoms with Crippen LogP contribution in [-0.2, 0) is 4.79 Å². The Kier molecular flexibility index (Phi) is 3.79. The SMILES string of the molecule is O=C1NC(c2cc(F)cc(F)c2)CNC1(CO)CO. The van der Waals surface area contributed by atoms with Gasteiger partial charge in [-0.1, -0.05) is 0 Å². The summed E-state index contributed by atoms with van der Waals surface area (Å²) in [5, 5.41) is 23.5. The molecule has 19 heavy (non-hydrogen) atoms. The first-order valence-electron chi connectivity index (χ1n) is 5.74. The van der Waals surface area contributed by atoms with Crippen molar-refractivity contribution in [2.75, 3.05) is 19.8 Å². The minimum absolute atomic E-state index is 0.149. The smallest absolute Gasteiger partial charge is 0.245 e. The van der Waals surface area contributed by atoms with E-state index in [4.69, 9.17) is 10.2 Å². The highest BCUT2D eigenvalue weighted by atomic mass is 19.1. The number of rotatable bonds is 3. The molecule has 104 valence electrons. The molecule has 0 spiro atoms. The van der Waals surface area contributed by atoms with Gasteiger partial charge >= 0.3 is 0 Å². The van der Waals surface area contributed by atoms with Crippen LogP contribution in [-0.4, -0.2) is 41.4 Å². The molecule has 0 aromatic heterocycles. The highest BCUT2D eigenvalue weighted by molar-refractivity contribution is 5.88. The van der Waals surface area contributed by atoms with Gasteiger partial charge in [0.1, 0.15) is 17.2 Å². The summed E-state index contributed by atoms with van der Waals surface area (Å²) in [5.74, 6) is -2.07. The fourth-order valence-electron chi connectivity index (χ4n) is 2.01. The maximum absolute atomic E-state index is 13.1. The Hall–Kier alpha value is -1.57. The van der Waals surface area contributed by atoms with Gasteiger partial charge in [0.15, 0.2) is 0 Å². The predicted molar refractivity (Wildman–Crippen MR) is 62.1 cm³/mol. The van der Waals surface area contributed by atoms with Gasteiger partial charge in [-0.05, 0) is 17.7 Å². The molecular weight excluding hydrogens is 258 g/mol. The van der Waals surface area contributed by atoms with Crippen LogP contribution in [0.15, 0.2) is 18.2 Å². The third-order valence-electron chi connectivity index (χ3n) is 3.21. The lowest BCUT2D eigenvalue weighted by Gasteiger charge is -2.38. The fourth-order valence-corrected chi connectivity index (χ4v) is 2.01. The summed E-state index contributed by atoms with van der Waals surface area (Å²) < 4.78 is 26.2. The standard InChI is InChI=1S/C12H14F2N2O3/c13-8-1-7(2-9(14)3-8)10-4-15-12(5-17,6-18)11(19)16-10/h1-3,10,15,17-18H,4-6H2,(H,16,19). The van der Waals surface area contributed by atoms with E-state index >= 15 is 0 Å². The zero-order valence-electron chi connectivity index (χ0n) is 9.99. The summed E-state index contributed by atoms with van der Waals surface area (Å²) in [6.07, 6.45) is 0. The predicted octanol–water partition coefficient (Wildman–Crippen LogP) is -0.551. The molecule has 0 saturated carbocycles. The Bertz CT molecular complexity index is 472. The first kappa shape index (κ1) is 13.9. The molecule has 7 heteroatoms.